The van der Waals surface area contributed by atoms with Crippen LogP contribution in [-0.4, -0.2) is 117 Å². The van der Waals surface area contributed by atoms with Crippen molar-refractivity contribution in [2.24, 2.45) is 11.8 Å². The maximum absolute atomic E-state index is 15.9. The number of ether oxygens (including phenoxy) is 5. The van der Waals surface area contributed by atoms with Crippen molar-refractivity contribution >= 4 is 49.7 Å². The summed E-state index contributed by atoms with van der Waals surface area (Å²) >= 11 is 0. The number of methoxy groups -OCH3 is 1. The van der Waals surface area contributed by atoms with Crippen molar-refractivity contribution in [3.8, 4) is 57.5 Å². The smallest absolute Gasteiger partial charge is 0.308 e. The predicted molar refractivity (Wildman–Crippen MR) is 404 cm³/mol. The quantitative estimate of drug-likeness (QED) is 0.0330. The Kier molecular flexibility index (Phi) is 22.6. The molecule has 1 aliphatic heterocycles. The molecule has 592 valence electrons. The van der Waals surface area contributed by atoms with Gasteiger partial charge in [-0.25, -0.2) is 66.8 Å². The van der Waals surface area contributed by atoms with E-state index in [1.807, 2.05) is 0 Å². The summed E-state index contributed by atoms with van der Waals surface area (Å²) in [6.07, 6.45) is 7.54. The highest BCUT2D eigenvalue weighted by Crippen LogP contribution is 2.45. The van der Waals surface area contributed by atoms with Crippen molar-refractivity contribution in [1.82, 2.24) is 48.5 Å². The first-order valence-electron chi connectivity index (χ1n) is 36.0. The number of carboxylic acid groups (broad SMARTS) is 1. The largest absolute Gasteiger partial charge is 0.481 e. The van der Waals surface area contributed by atoms with Gasteiger partial charge in [-0.2, -0.15) is 5.10 Å². The molecule has 114 heavy (non-hydrogen) atoms. The van der Waals surface area contributed by atoms with Crippen LogP contribution in [0.15, 0.2) is 194 Å². The summed E-state index contributed by atoms with van der Waals surface area (Å²) in [6, 6.07) is 37.4. The second kappa shape index (κ2) is 32.4. The van der Waals surface area contributed by atoms with Crippen LogP contribution in [0.5, 0.6) is 34.8 Å². The lowest BCUT2D eigenvalue weighted by Crippen LogP contribution is -2.32. The van der Waals surface area contributed by atoms with E-state index < -0.39 is 124 Å². The number of aromatic amines is 3. The standard InChI is InChI=1S/C46H43F4N5O8S.C37H33F4N5O4/c1-28(44(58)61-4)21-30-9-8-10-31(22-30)45(3,17-18-46(49,50)27-62-41-16-19-54(53-41)29(2)57)40-25-51-43(52-40)35-23-32(13-14-37(35)47)63-42-36(26-56)34-15-20-55(39(34)24-38(42)48)64(59,60)33-11-6-5-7-12-33;1-21(35(47)48)14-22-4-3-5-23(15-22)36(2)10-11-37(40,41)20-49-32-9-13-44-46(32)19-27-25-8-12-42-30(25)17-29(39)33(27)50-24-6-7-28(38)26(16-24)34-43-18-31(36)45-34/h5-16,19-20,22-25,28,56H,17-18,21,26-27H2,1-4H3,(H,51,52);3-9,12-13,15-18,21,42H,10-11,14,19-20H2,1-2H3,(H,43,45)(H,47,48)/t28-,45?;21-,36?/m00/s1. The van der Waals surface area contributed by atoms with Crippen LogP contribution in [0, 0.1) is 35.1 Å². The Balaban J connectivity index is 0.000000205. The molecule has 0 radical (unpaired) electrons. The number of aromatic nitrogens is 10. The molecule has 4 bridgehead atoms. The fourth-order valence-corrected chi connectivity index (χ4v) is 15.2. The van der Waals surface area contributed by atoms with Gasteiger partial charge in [0.05, 0.1) is 71.2 Å². The fraction of sp³-hybridized carbons (Fsp3) is 0.265. The summed E-state index contributed by atoms with van der Waals surface area (Å²) in [4.78, 5) is 53.8. The average molecular weight is 1590 g/mol. The molecule has 0 aliphatic carbocycles. The number of nitrogens with one attached hydrogen (secondary N) is 3. The lowest BCUT2D eigenvalue weighted by molar-refractivity contribution is -0.145. The van der Waals surface area contributed by atoms with Gasteiger partial charge in [-0.1, -0.05) is 80.6 Å². The average Bonchev–Trinajstić information content (AvgIpc) is 1.53. The number of aliphatic hydroxyl groups is 1. The Morgan fingerprint density at radius 2 is 1.46 bits per heavy atom. The molecule has 5 N–H and O–H groups in total. The summed E-state index contributed by atoms with van der Waals surface area (Å²) in [6.45, 7) is 5.22. The molecular weight excluding hydrogens is 1510 g/mol. The SMILES string of the molecule is COC(=O)[C@@H](C)Cc1cccc(C(C)(CCC(F)(F)COc2ccn(C(C)=O)n2)c2c[nH]c(-c3cc(Oc4c(F)cc5c(ccn5S(=O)(=O)c5ccccc5)c4CO)ccc3F)n2)c1.C[C@@H](Cc1cccc(C2(C)CCC(F)(F)COc3ccnn3Cc3c(c(F)cc4[nH]ccc34)Oc3ccc(F)c(c3)-c3nc2c[nH]3)c1)C(=O)O. The Morgan fingerprint density at radius 3 is 2.20 bits per heavy atom. The maximum Gasteiger partial charge on any atom is 0.308 e. The molecule has 2 unspecified atom stereocenters. The molecule has 0 saturated heterocycles. The summed E-state index contributed by atoms with van der Waals surface area (Å²) in [5.74, 6) is -13.3. The van der Waals surface area contributed by atoms with Crippen LogP contribution < -0.4 is 18.9 Å². The minimum absolute atomic E-state index is 0.0164. The second-order valence-corrected chi connectivity index (χ2v) is 30.2. The van der Waals surface area contributed by atoms with Crippen LogP contribution in [0.25, 0.3) is 44.6 Å². The van der Waals surface area contributed by atoms with Crippen molar-refractivity contribution in [1.29, 1.82) is 0 Å². The number of aliphatic hydroxyl groups excluding tert-OH is 1. The molecule has 0 spiro atoms. The van der Waals surface area contributed by atoms with Gasteiger partial charge in [-0.3, -0.25) is 14.4 Å². The first-order chi connectivity index (χ1) is 54.3. The molecule has 14 rings (SSSR count). The number of aliphatic carboxylic acids is 1. The third-order valence-electron chi connectivity index (χ3n) is 20.4. The van der Waals surface area contributed by atoms with Gasteiger partial charge in [-0.15, -0.1) is 5.10 Å². The molecule has 1 aliphatic rings. The van der Waals surface area contributed by atoms with Gasteiger partial charge in [0, 0.05) is 113 Å². The van der Waals surface area contributed by atoms with Gasteiger partial charge in [0.25, 0.3) is 21.9 Å². The monoisotopic (exact) mass is 1590 g/mol. The normalized spacial score (nSPS) is 15.5. The van der Waals surface area contributed by atoms with Crippen molar-refractivity contribution in [2.45, 2.75) is 114 Å². The molecular formula is C83H76F8N10O12S. The van der Waals surface area contributed by atoms with Gasteiger partial charge in [0.2, 0.25) is 17.7 Å². The van der Waals surface area contributed by atoms with E-state index in [-0.39, 0.29) is 105 Å². The second-order valence-electron chi connectivity index (χ2n) is 28.4. The number of hydrogen-bond acceptors (Lipinski definition) is 15. The van der Waals surface area contributed by atoms with Crippen molar-refractivity contribution in [3.05, 3.63) is 257 Å². The number of carbonyl (C=O) groups excluding carboxylic acids is 2. The summed E-state index contributed by atoms with van der Waals surface area (Å²) < 4.78 is 183. The topological polar surface area (TPSA) is 286 Å². The van der Waals surface area contributed by atoms with Gasteiger partial charge in [0.15, 0.2) is 36.3 Å². The molecule has 7 heterocycles. The van der Waals surface area contributed by atoms with Crippen molar-refractivity contribution < 1.29 is 91.8 Å². The molecule has 4 atom stereocenters. The molecule has 0 saturated carbocycles. The third-order valence-corrected chi connectivity index (χ3v) is 22.1. The predicted octanol–water partition coefficient (Wildman–Crippen LogP) is 17.1. The number of imidazole rings is 2. The number of H-pyrrole nitrogens is 3. The van der Waals surface area contributed by atoms with E-state index in [1.54, 1.807) is 113 Å². The highest BCUT2D eigenvalue weighted by Gasteiger charge is 2.41. The number of nitrogens with zero attached hydrogens (tertiary/aromatic N) is 7. The number of carbonyl (C=O) groups is 3. The first kappa shape index (κ1) is 79.7. The van der Waals surface area contributed by atoms with E-state index in [2.05, 4.69) is 25.1 Å². The number of fused-ring (bicyclic) bond motifs is 10. The van der Waals surface area contributed by atoms with Crippen LogP contribution in [0.3, 0.4) is 0 Å². The van der Waals surface area contributed by atoms with E-state index in [1.165, 1.54) is 110 Å². The molecule has 0 fully saturated rings. The number of esters is 1. The van der Waals surface area contributed by atoms with Crippen LogP contribution >= 0.6 is 0 Å². The lowest BCUT2D eigenvalue weighted by atomic mass is 9.74. The fourth-order valence-electron chi connectivity index (χ4n) is 13.8. The number of carboxylic acids is 1. The molecule has 22 nitrogen and oxygen atoms in total. The number of alkyl halides is 4. The summed E-state index contributed by atoms with van der Waals surface area (Å²) in [5.41, 5.74) is 1.56. The summed E-state index contributed by atoms with van der Waals surface area (Å²) in [5, 5.41) is 28.8. The zero-order valence-electron chi connectivity index (χ0n) is 62.2. The van der Waals surface area contributed by atoms with Gasteiger partial charge in [-0.05, 0) is 122 Å². The van der Waals surface area contributed by atoms with E-state index >= 15 is 35.1 Å². The third kappa shape index (κ3) is 16.9. The highest BCUT2D eigenvalue weighted by atomic mass is 32.2. The van der Waals surface area contributed by atoms with Crippen LogP contribution in [0.4, 0.5) is 35.1 Å². The zero-order valence-corrected chi connectivity index (χ0v) is 63.0. The number of rotatable bonds is 21. The first-order valence-corrected chi connectivity index (χ1v) is 37.5. The number of benzene rings is 7. The molecule has 13 aromatic rings. The Hall–Kier alpha value is -12.4. The Morgan fingerprint density at radius 1 is 0.746 bits per heavy atom. The molecule has 31 heteroatoms. The van der Waals surface area contributed by atoms with Crippen LogP contribution in [0.2, 0.25) is 0 Å². The summed E-state index contributed by atoms with van der Waals surface area (Å²) in [7, 11) is -2.85. The van der Waals surface area contributed by atoms with Gasteiger partial charge < -0.3 is 48.8 Å². The number of hydrogen-bond donors (Lipinski definition) is 5. The van der Waals surface area contributed by atoms with Crippen molar-refractivity contribution in [2.75, 3.05) is 20.3 Å². The van der Waals surface area contributed by atoms with Gasteiger partial charge >= 0.3 is 11.9 Å². The van der Waals surface area contributed by atoms with Crippen molar-refractivity contribution in [3.63, 3.8) is 0 Å². The molecule has 0 amide bonds. The van der Waals surface area contributed by atoms with E-state index in [9.17, 15) is 33.0 Å². The molecule has 7 aromatic carbocycles. The van der Waals surface area contributed by atoms with Gasteiger partial charge in [0.1, 0.15) is 34.8 Å². The molecule has 6 aromatic heterocycles. The Labute approximate surface area is 647 Å². The van der Waals surface area contributed by atoms with Crippen LogP contribution in [-0.2, 0) is 61.2 Å². The minimum atomic E-state index is -4.14. The highest BCUT2D eigenvalue weighted by molar-refractivity contribution is 7.90. The maximum atomic E-state index is 15.9. The Bertz CT molecular complexity index is 5860. The van der Waals surface area contributed by atoms with E-state index in [0.717, 1.165) is 31.9 Å². The van der Waals surface area contributed by atoms with E-state index in [4.69, 9.17) is 33.7 Å². The zero-order chi connectivity index (χ0) is 81.2. The number of halogens is 8. The minimum Gasteiger partial charge on any atom is -0.481 e. The lowest BCUT2D eigenvalue weighted by Gasteiger charge is -2.31. The van der Waals surface area contributed by atoms with E-state index in [0.29, 0.717) is 39.7 Å². The van der Waals surface area contributed by atoms with Crippen LogP contribution in [0.1, 0.15) is 110 Å².